The Morgan fingerprint density at radius 2 is 2.04 bits per heavy atom. The van der Waals surface area contributed by atoms with Crippen molar-refractivity contribution in [3.8, 4) is 10.6 Å². The van der Waals surface area contributed by atoms with E-state index < -0.39 is 5.41 Å². The van der Waals surface area contributed by atoms with Crippen molar-refractivity contribution in [2.75, 3.05) is 17.7 Å². The van der Waals surface area contributed by atoms with E-state index in [0.717, 1.165) is 16.1 Å². The second kappa shape index (κ2) is 8.40. The first-order valence-electron chi connectivity index (χ1n) is 7.86. The molecule has 1 aromatic carbocycles. The summed E-state index contributed by atoms with van der Waals surface area (Å²) in [6, 6.07) is 7.93. The third kappa shape index (κ3) is 5.51. The number of carbonyl (C=O) groups excluding carboxylic acids is 2. The highest BCUT2D eigenvalue weighted by Gasteiger charge is 2.26. The maximum Gasteiger partial charge on any atom is 0.227 e. The summed E-state index contributed by atoms with van der Waals surface area (Å²) in [5.41, 5.74) is 1.45. The number of hydrogen-bond donors (Lipinski definition) is 2. The van der Waals surface area contributed by atoms with Crippen LogP contribution in [-0.4, -0.2) is 34.4 Å². The van der Waals surface area contributed by atoms with Crippen LogP contribution in [0.15, 0.2) is 24.3 Å². The molecule has 0 atom stereocenters. The molecule has 25 heavy (non-hydrogen) atoms. The molecule has 134 valence electrons. The van der Waals surface area contributed by atoms with Gasteiger partial charge in [0, 0.05) is 24.4 Å². The van der Waals surface area contributed by atoms with E-state index in [1.165, 1.54) is 11.3 Å². The third-order valence-corrected chi connectivity index (χ3v) is 5.08. The largest absolute Gasteiger partial charge is 0.355 e. The SMILES string of the molecule is Cc1cccc(-c2nnc(NC(=O)CCNC(=O)C(C)(C)CCl)s2)c1. The molecule has 0 aliphatic rings. The average Bonchev–Trinajstić information content (AvgIpc) is 3.03. The summed E-state index contributed by atoms with van der Waals surface area (Å²) in [5, 5.41) is 14.7. The van der Waals surface area contributed by atoms with Gasteiger partial charge < -0.3 is 10.6 Å². The number of rotatable bonds is 7. The highest BCUT2D eigenvalue weighted by atomic mass is 35.5. The van der Waals surface area contributed by atoms with Gasteiger partial charge in [0.15, 0.2) is 0 Å². The van der Waals surface area contributed by atoms with Gasteiger partial charge in [0.1, 0.15) is 5.01 Å². The first kappa shape index (κ1) is 19.3. The van der Waals surface area contributed by atoms with Crippen molar-refractivity contribution in [1.29, 1.82) is 0 Å². The fourth-order valence-corrected chi connectivity index (χ4v) is 2.82. The summed E-state index contributed by atoms with van der Waals surface area (Å²) in [6.45, 7) is 5.76. The molecule has 6 nitrogen and oxygen atoms in total. The molecular formula is C17H21ClN4O2S. The minimum absolute atomic E-state index is 0.156. The Morgan fingerprint density at radius 3 is 2.72 bits per heavy atom. The summed E-state index contributed by atoms with van der Waals surface area (Å²) >= 11 is 7.06. The van der Waals surface area contributed by atoms with Crippen molar-refractivity contribution in [1.82, 2.24) is 15.5 Å². The Balaban J connectivity index is 1.85. The van der Waals surface area contributed by atoms with Crippen LogP contribution < -0.4 is 10.6 Å². The zero-order valence-corrected chi connectivity index (χ0v) is 16.0. The van der Waals surface area contributed by atoms with E-state index in [9.17, 15) is 9.59 Å². The second-order valence-electron chi connectivity index (χ2n) is 6.35. The van der Waals surface area contributed by atoms with E-state index in [1.54, 1.807) is 13.8 Å². The lowest BCUT2D eigenvalue weighted by Crippen LogP contribution is -2.39. The summed E-state index contributed by atoms with van der Waals surface area (Å²) in [5.74, 6) is -0.179. The van der Waals surface area contributed by atoms with Crippen molar-refractivity contribution in [3.05, 3.63) is 29.8 Å². The lowest BCUT2D eigenvalue weighted by Gasteiger charge is -2.20. The van der Waals surface area contributed by atoms with Crippen LogP contribution in [0.2, 0.25) is 0 Å². The Morgan fingerprint density at radius 1 is 1.28 bits per heavy atom. The number of aromatic nitrogens is 2. The highest BCUT2D eigenvalue weighted by molar-refractivity contribution is 7.18. The number of hydrogen-bond acceptors (Lipinski definition) is 5. The van der Waals surface area contributed by atoms with Crippen molar-refractivity contribution in [2.24, 2.45) is 5.41 Å². The maximum atomic E-state index is 12.0. The summed E-state index contributed by atoms with van der Waals surface area (Å²) in [4.78, 5) is 23.8. The number of carbonyl (C=O) groups is 2. The second-order valence-corrected chi connectivity index (χ2v) is 7.60. The van der Waals surface area contributed by atoms with Crippen LogP contribution in [0.3, 0.4) is 0 Å². The minimum Gasteiger partial charge on any atom is -0.355 e. The number of nitrogens with zero attached hydrogens (tertiary/aromatic N) is 2. The van der Waals surface area contributed by atoms with E-state index in [-0.39, 0.29) is 30.7 Å². The standard InChI is InChI=1S/C17H21ClN4O2S/c1-11-5-4-6-12(9-11)14-21-22-16(25-14)20-13(23)7-8-19-15(24)17(2,3)10-18/h4-6,9H,7-8,10H2,1-3H3,(H,19,24)(H,20,22,23). The first-order chi connectivity index (χ1) is 11.8. The van der Waals surface area contributed by atoms with Gasteiger partial charge in [-0.2, -0.15) is 0 Å². The molecule has 1 heterocycles. The monoisotopic (exact) mass is 380 g/mol. The first-order valence-corrected chi connectivity index (χ1v) is 9.21. The summed E-state index contributed by atoms with van der Waals surface area (Å²) in [6.07, 6.45) is 0.156. The number of anilines is 1. The normalized spacial score (nSPS) is 11.2. The van der Waals surface area contributed by atoms with Gasteiger partial charge in [-0.1, -0.05) is 35.1 Å². The molecule has 2 rings (SSSR count). The van der Waals surface area contributed by atoms with Crippen LogP contribution in [0.5, 0.6) is 0 Å². The molecule has 2 aromatic rings. The van der Waals surface area contributed by atoms with Gasteiger partial charge >= 0.3 is 0 Å². The fourth-order valence-electron chi connectivity index (χ4n) is 1.94. The zero-order chi connectivity index (χ0) is 18.4. The van der Waals surface area contributed by atoms with Crippen LogP contribution in [0, 0.1) is 12.3 Å². The van der Waals surface area contributed by atoms with Gasteiger partial charge in [0.2, 0.25) is 16.9 Å². The molecular weight excluding hydrogens is 360 g/mol. The van der Waals surface area contributed by atoms with Crippen molar-refractivity contribution in [3.63, 3.8) is 0 Å². The molecule has 8 heteroatoms. The Kier molecular flexibility index (Phi) is 6.50. The third-order valence-electron chi connectivity index (χ3n) is 3.52. The maximum absolute atomic E-state index is 12.0. The van der Waals surface area contributed by atoms with Gasteiger partial charge in [-0.15, -0.1) is 21.8 Å². The molecule has 0 aliphatic carbocycles. The van der Waals surface area contributed by atoms with Crippen LogP contribution in [-0.2, 0) is 9.59 Å². The molecule has 0 saturated heterocycles. The minimum atomic E-state index is -0.653. The van der Waals surface area contributed by atoms with Crippen LogP contribution in [0.1, 0.15) is 25.8 Å². The summed E-state index contributed by atoms with van der Waals surface area (Å²) in [7, 11) is 0. The van der Waals surface area contributed by atoms with Crippen LogP contribution in [0.4, 0.5) is 5.13 Å². The molecule has 2 amide bonds. The molecule has 0 aliphatic heterocycles. The Hall–Kier alpha value is -1.99. The number of aryl methyl sites for hydroxylation is 1. The molecule has 2 N–H and O–H groups in total. The molecule has 0 unspecified atom stereocenters. The zero-order valence-electron chi connectivity index (χ0n) is 14.4. The molecule has 0 fully saturated rings. The van der Waals surface area contributed by atoms with Gasteiger partial charge in [0.25, 0.3) is 0 Å². The van der Waals surface area contributed by atoms with E-state index in [1.807, 2.05) is 31.2 Å². The van der Waals surface area contributed by atoms with Gasteiger partial charge in [-0.25, -0.2) is 0 Å². The number of alkyl halides is 1. The lowest BCUT2D eigenvalue weighted by atomic mass is 9.95. The van der Waals surface area contributed by atoms with E-state index in [0.29, 0.717) is 5.13 Å². The van der Waals surface area contributed by atoms with Crippen LogP contribution >= 0.6 is 22.9 Å². The Bertz CT molecular complexity index is 761. The molecule has 0 bridgehead atoms. The molecule has 0 radical (unpaired) electrons. The smallest absolute Gasteiger partial charge is 0.227 e. The van der Waals surface area contributed by atoms with Gasteiger partial charge in [0.05, 0.1) is 5.41 Å². The van der Waals surface area contributed by atoms with E-state index >= 15 is 0 Å². The Labute approximate surface area is 156 Å². The topological polar surface area (TPSA) is 84.0 Å². The average molecular weight is 381 g/mol. The highest BCUT2D eigenvalue weighted by Crippen LogP contribution is 2.26. The van der Waals surface area contributed by atoms with Crippen molar-refractivity contribution >= 4 is 39.9 Å². The number of nitrogens with one attached hydrogen (secondary N) is 2. The lowest BCUT2D eigenvalue weighted by molar-refractivity contribution is -0.128. The number of halogens is 1. The predicted molar refractivity (Wildman–Crippen MR) is 101 cm³/mol. The van der Waals surface area contributed by atoms with Gasteiger partial charge in [-0.05, 0) is 26.8 Å². The predicted octanol–water partition coefficient (Wildman–Crippen LogP) is 3.22. The fraction of sp³-hybridized carbons (Fsp3) is 0.412. The molecule has 0 spiro atoms. The van der Waals surface area contributed by atoms with Crippen molar-refractivity contribution < 1.29 is 9.59 Å². The number of amides is 2. The number of benzene rings is 1. The van der Waals surface area contributed by atoms with Gasteiger partial charge in [-0.3, -0.25) is 9.59 Å². The molecule has 0 saturated carbocycles. The van der Waals surface area contributed by atoms with E-state index in [4.69, 9.17) is 11.6 Å². The molecule has 1 aromatic heterocycles. The quantitative estimate of drug-likeness (QED) is 0.722. The van der Waals surface area contributed by atoms with Crippen molar-refractivity contribution in [2.45, 2.75) is 27.2 Å². The van der Waals surface area contributed by atoms with Crippen LogP contribution in [0.25, 0.3) is 10.6 Å². The summed E-state index contributed by atoms with van der Waals surface area (Å²) < 4.78 is 0. The van der Waals surface area contributed by atoms with E-state index in [2.05, 4.69) is 20.8 Å².